The van der Waals surface area contributed by atoms with E-state index in [2.05, 4.69) is 0 Å². The molecule has 0 amide bonds. The summed E-state index contributed by atoms with van der Waals surface area (Å²) in [4.78, 5) is 25.6. The molecule has 0 unspecified atom stereocenters. The fourth-order valence-corrected chi connectivity index (χ4v) is 3.86. The molecule has 1 heterocycles. The van der Waals surface area contributed by atoms with Gasteiger partial charge in [-0.1, -0.05) is 91.0 Å². The fourth-order valence-electron chi connectivity index (χ4n) is 3.86. The Balaban J connectivity index is 1.56. The second-order valence-corrected chi connectivity index (χ2v) is 7.64. The number of hydrogen-bond acceptors (Lipinski definition) is 4. The van der Waals surface area contributed by atoms with E-state index in [0.29, 0.717) is 16.9 Å². The van der Waals surface area contributed by atoms with Crippen LogP contribution in [0.2, 0.25) is 0 Å². The van der Waals surface area contributed by atoms with Crippen molar-refractivity contribution in [1.29, 1.82) is 0 Å². The summed E-state index contributed by atoms with van der Waals surface area (Å²) in [6, 6.07) is 34.9. The summed E-state index contributed by atoms with van der Waals surface area (Å²) < 4.78 is 11.7. The van der Waals surface area contributed by atoms with E-state index in [4.69, 9.17) is 9.15 Å². The Morgan fingerprint density at radius 2 is 1.36 bits per heavy atom. The Bertz CT molecular complexity index is 1460. The molecule has 0 bridgehead atoms. The summed E-state index contributed by atoms with van der Waals surface area (Å²) in [5, 5.41) is 0.791. The summed E-state index contributed by atoms with van der Waals surface area (Å²) in [5.41, 5.74) is 2.96. The zero-order valence-corrected chi connectivity index (χ0v) is 17.7. The molecule has 5 rings (SSSR count). The Labute approximate surface area is 190 Å². The molecule has 5 aromatic rings. The van der Waals surface area contributed by atoms with Gasteiger partial charge < -0.3 is 9.15 Å². The van der Waals surface area contributed by atoms with Crippen LogP contribution < -0.4 is 10.4 Å². The van der Waals surface area contributed by atoms with Gasteiger partial charge in [0.25, 0.3) is 0 Å². The highest BCUT2D eigenvalue weighted by molar-refractivity contribution is 6.00. The molecule has 0 fully saturated rings. The monoisotopic (exact) mass is 432 g/mol. The van der Waals surface area contributed by atoms with Gasteiger partial charge >= 0.3 is 5.63 Å². The predicted octanol–water partition coefficient (Wildman–Crippen LogP) is 6.46. The van der Waals surface area contributed by atoms with Gasteiger partial charge in [0.15, 0.2) is 6.10 Å². The van der Waals surface area contributed by atoms with Gasteiger partial charge in [0.05, 0.1) is 0 Å². The molecule has 4 heteroatoms. The largest absolute Gasteiger partial charge is 0.477 e. The number of benzene rings is 4. The maximum Gasteiger partial charge on any atom is 0.336 e. The summed E-state index contributed by atoms with van der Waals surface area (Å²) in [6.45, 7) is 0. The lowest BCUT2D eigenvalue weighted by molar-refractivity contribution is 0.0792. The first-order valence-electron chi connectivity index (χ1n) is 10.6. The van der Waals surface area contributed by atoms with E-state index in [-0.39, 0.29) is 5.78 Å². The van der Waals surface area contributed by atoms with Crippen molar-refractivity contribution in [3.05, 3.63) is 137 Å². The molecule has 1 aromatic heterocycles. The normalized spacial score (nSPS) is 11.8. The number of hydrogen-bond donors (Lipinski definition) is 0. The maximum atomic E-state index is 13.3. The first-order valence-corrected chi connectivity index (χ1v) is 10.6. The highest BCUT2D eigenvalue weighted by atomic mass is 16.5. The van der Waals surface area contributed by atoms with Crippen molar-refractivity contribution in [3.63, 3.8) is 0 Å². The average molecular weight is 432 g/mol. The molecule has 0 aliphatic rings. The third-order valence-electron chi connectivity index (χ3n) is 5.45. The molecule has 0 radical (unpaired) electrons. The minimum absolute atomic E-state index is 0.151. The van der Waals surface area contributed by atoms with E-state index in [1.807, 2.05) is 84.9 Å². The van der Waals surface area contributed by atoms with Gasteiger partial charge in [-0.15, -0.1) is 0 Å². The predicted molar refractivity (Wildman–Crippen MR) is 129 cm³/mol. The van der Waals surface area contributed by atoms with E-state index in [9.17, 15) is 9.59 Å². The average Bonchev–Trinajstić information content (AvgIpc) is 2.87. The SMILES string of the molecule is O=C(c1ccccc1)[C@H](Oc1ccc2c(-c3ccccc3)cc(=O)oc2c1)c1ccccc1. The highest BCUT2D eigenvalue weighted by Gasteiger charge is 2.24. The van der Waals surface area contributed by atoms with Gasteiger partial charge in [-0.05, 0) is 23.3 Å². The number of carbonyl (C=O) groups excluding carboxylic acids is 1. The lowest BCUT2D eigenvalue weighted by atomic mass is 9.99. The van der Waals surface area contributed by atoms with Gasteiger partial charge in [0, 0.05) is 28.6 Å². The highest BCUT2D eigenvalue weighted by Crippen LogP contribution is 2.32. The maximum absolute atomic E-state index is 13.3. The first-order chi connectivity index (χ1) is 16.2. The second kappa shape index (κ2) is 8.97. The Kier molecular flexibility index (Phi) is 5.56. The number of fused-ring (bicyclic) bond motifs is 1. The van der Waals surface area contributed by atoms with Crippen LogP contribution in [0.25, 0.3) is 22.1 Å². The number of ketones is 1. The fraction of sp³-hybridized carbons (Fsp3) is 0.0345. The Morgan fingerprint density at radius 3 is 2.06 bits per heavy atom. The van der Waals surface area contributed by atoms with Crippen LogP contribution in [-0.4, -0.2) is 5.78 Å². The van der Waals surface area contributed by atoms with Crippen molar-refractivity contribution in [2.24, 2.45) is 0 Å². The summed E-state index contributed by atoms with van der Waals surface area (Å²) in [5.74, 6) is 0.287. The molecule has 0 spiro atoms. The van der Waals surface area contributed by atoms with Crippen molar-refractivity contribution < 1.29 is 13.9 Å². The number of carbonyl (C=O) groups is 1. The zero-order chi connectivity index (χ0) is 22.6. The molecule has 1 atom stereocenters. The molecule has 0 aliphatic heterocycles. The van der Waals surface area contributed by atoms with Crippen molar-refractivity contribution in [1.82, 2.24) is 0 Å². The van der Waals surface area contributed by atoms with Gasteiger partial charge in [-0.25, -0.2) is 4.79 Å². The molecule has 0 aliphatic carbocycles. The summed E-state index contributed by atoms with van der Waals surface area (Å²) >= 11 is 0. The number of ether oxygens (including phenoxy) is 1. The molecular weight excluding hydrogens is 412 g/mol. The van der Waals surface area contributed by atoms with Crippen LogP contribution in [0.4, 0.5) is 0 Å². The second-order valence-electron chi connectivity index (χ2n) is 7.64. The Morgan fingerprint density at radius 1 is 0.727 bits per heavy atom. The van der Waals surface area contributed by atoms with E-state index in [1.165, 1.54) is 6.07 Å². The molecule has 0 N–H and O–H groups in total. The lowest BCUT2D eigenvalue weighted by Crippen LogP contribution is -2.19. The van der Waals surface area contributed by atoms with Crippen LogP contribution in [0.1, 0.15) is 22.0 Å². The zero-order valence-electron chi connectivity index (χ0n) is 17.7. The van der Waals surface area contributed by atoms with E-state index in [0.717, 1.165) is 22.1 Å². The van der Waals surface area contributed by atoms with Gasteiger partial charge in [0.2, 0.25) is 5.78 Å². The molecule has 0 saturated heterocycles. The lowest BCUT2D eigenvalue weighted by Gasteiger charge is -2.19. The standard InChI is InChI=1S/C29H20O4/c30-27-19-25(20-10-4-1-5-11-20)24-17-16-23(18-26(24)33-27)32-29(22-14-8-3-9-15-22)28(31)21-12-6-2-7-13-21/h1-19,29H/t29-/m1/s1. The molecule has 4 nitrogen and oxygen atoms in total. The topological polar surface area (TPSA) is 56.5 Å². The minimum atomic E-state index is -0.838. The van der Waals surface area contributed by atoms with Crippen molar-refractivity contribution >= 4 is 16.8 Å². The van der Waals surface area contributed by atoms with E-state index in [1.54, 1.807) is 24.3 Å². The molecule has 4 aromatic carbocycles. The van der Waals surface area contributed by atoms with Crippen LogP contribution in [0, 0.1) is 0 Å². The van der Waals surface area contributed by atoms with Crippen LogP contribution >= 0.6 is 0 Å². The number of Topliss-reactive ketones (excluding diaryl/α,β-unsaturated/α-hetero) is 1. The van der Waals surface area contributed by atoms with Gasteiger partial charge in [-0.3, -0.25) is 4.79 Å². The molecule has 33 heavy (non-hydrogen) atoms. The van der Waals surface area contributed by atoms with Gasteiger partial charge in [-0.2, -0.15) is 0 Å². The van der Waals surface area contributed by atoms with Crippen LogP contribution in [0.15, 0.2) is 124 Å². The first kappa shape index (κ1) is 20.5. The van der Waals surface area contributed by atoms with E-state index < -0.39 is 11.7 Å². The van der Waals surface area contributed by atoms with E-state index >= 15 is 0 Å². The van der Waals surface area contributed by atoms with Crippen molar-refractivity contribution in [2.45, 2.75) is 6.10 Å². The number of rotatable bonds is 6. The minimum Gasteiger partial charge on any atom is -0.477 e. The third kappa shape index (κ3) is 4.32. The van der Waals surface area contributed by atoms with Crippen molar-refractivity contribution in [3.8, 4) is 16.9 Å². The third-order valence-corrected chi connectivity index (χ3v) is 5.45. The summed E-state index contributed by atoms with van der Waals surface area (Å²) in [7, 11) is 0. The Hall–Kier alpha value is -4.44. The quantitative estimate of drug-likeness (QED) is 0.228. The van der Waals surface area contributed by atoms with Crippen LogP contribution in [-0.2, 0) is 0 Å². The molecular formula is C29H20O4. The summed E-state index contributed by atoms with van der Waals surface area (Å²) in [6.07, 6.45) is -0.838. The van der Waals surface area contributed by atoms with Gasteiger partial charge in [0.1, 0.15) is 11.3 Å². The molecule has 160 valence electrons. The molecule has 0 saturated carbocycles. The van der Waals surface area contributed by atoms with Crippen molar-refractivity contribution in [2.75, 3.05) is 0 Å². The van der Waals surface area contributed by atoms with Crippen LogP contribution in [0.5, 0.6) is 5.75 Å². The van der Waals surface area contributed by atoms with Crippen LogP contribution in [0.3, 0.4) is 0 Å². The smallest absolute Gasteiger partial charge is 0.336 e.